The second-order valence-electron chi connectivity index (χ2n) is 4.95. The van der Waals surface area contributed by atoms with Gasteiger partial charge in [0.25, 0.3) is 0 Å². The predicted molar refractivity (Wildman–Crippen MR) is 71.0 cm³/mol. The Morgan fingerprint density at radius 3 is 2.69 bits per heavy atom. The van der Waals surface area contributed by atoms with Crippen molar-refractivity contribution in [3.63, 3.8) is 0 Å². The average molecular weight is 238 g/mol. The zero-order chi connectivity index (χ0) is 11.4. The van der Waals surface area contributed by atoms with Crippen molar-refractivity contribution >= 4 is 11.3 Å². The fraction of sp³-hybridized carbons (Fsp3) is 0.692. The molecule has 2 rings (SSSR count). The molecule has 1 fully saturated rings. The molecule has 16 heavy (non-hydrogen) atoms. The fourth-order valence-electron chi connectivity index (χ4n) is 2.37. The molecule has 3 heteroatoms. The lowest BCUT2D eigenvalue weighted by molar-refractivity contribution is 0.156. The molecule has 1 saturated heterocycles. The zero-order valence-electron chi connectivity index (χ0n) is 10.3. The van der Waals surface area contributed by atoms with Crippen LogP contribution in [-0.4, -0.2) is 31.1 Å². The maximum absolute atomic E-state index is 3.43. The van der Waals surface area contributed by atoms with Crippen LogP contribution in [-0.2, 0) is 0 Å². The Hall–Kier alpha value is -0.380. The van der Waals surface area contributed by atoms with E-state index >= 15 is 0 Å². The van der Waals surface area contributed by atoms with Crippen LogP contribution in [0.5, 0.6) is 0 Å². The van der Waals surface area contributed by atoms with Crippen molar-refractivity contribution in [2.75, 3.05) is 26.2 Å². The molecule has 90 valence electrons. The summed E-state index contributed by atoms with van der Waals surface area (Å²) < 4.78 is 0. The lowest BCUT2D eigenvalue weighted by Crippen LogP contribution is -2.45. The Kier molecular flexibility index (Phi) is 4.38. The van der Waals surface area contributed by atoms with Gasteiger partial charge in [-0.2, -0.15) is 0 Å². The first kappa shape index (κ1) is 12.1. The molecular formula is C13H22N2S. The standard InChI is InChI=1S/C13H22N2S/c1-11(2)10-12(13-4-3-9-16-13)15-7-5-14-6-8-15/h3-4,9,11-12,14H,5-8,10H2,1-2H3/t12-/m1/s1. The lowest BCUT2D eigenvalue weighted by atomic mass is 10.0. The molecule has 1 aliphatic heterocycles. The quantitative estimate of drug-likeness (QED) is 0.867. The zero-order valence-corrected chi connectivity index (χ0v) is 11.1. The highest BCUT2D eigenvalue weighted by molar-refractivity contribution is 7.10. The van der Waals surface area contributed by atoms with Crippen molar-refractivity contribution < 1.29 is 0 Å². The minimum atomic E-state index is 0.641. The summed E-state index contributed by atoms with van der Waals surface area (Å²) in [5, 5.41) is 5.63. The number of hydrogen-bond donors (Lipinski definition) is 1. The first-order chi connectivity index (χ1) is 7.77. The Balaban J connectivity index is 2.07. The molecule has 0 bridgehead atoms. The van der Waals surface area contributed by atoms with E-state index in [1.807, 2.05) is 11.3 Å². The highest BCUT2D eigenvalue weighted by atomic mass is 32.1. The van der Waals surface area contributed by atoms with Crippen molar-refractivity contribution in [2.45, 2.75) is 26.3 Å². The summed E-state index contributed by atoms with van der Waals surface area (Å²) in [5.41, 5.74) is 0. The topological polar surface area (TPSA) is 15.3 Å². The highest BCUT2D eigenvalue weighted by Crippen LogP contribution is 2.30. The number of piperazine rings is 1. The van der Waals surface area contributed by atoms with Crippen LogP contribution in [0.4, 0.5) is 0 Å². The van der Waals surface area contributed by atoms with Gasteiger partial charge in [0.1, 0.15) is 0 Å². The molecule has 1 N–H and O–H groups in total. The number of thiophene rings is 1. The van der Waals surface area contributed by atoms with Gasteiger partial charge in [0.05, 0.1) is 0 Å². The second-order valence-corrected chi connectivity index (χ2v) is 5.93. The van der Waals surface area contributed by atoms with E-state index in [4.69, 9.17) is 0 Å². The molecule has 0 unspecified atom stereocenters. The molecule has 0 spiro atoms. The number of nitrogens with one attached hydrogen (secondary N) is 1. The monoisotopic (exact) mass is 238 g/mol. The Bertz CT molecular complexity index is 289. The van der Waals surface area contributed by atoms with Crippen LogP contribution < -0.4 is 5.32 Å². The minimum Gasteiger partial charge on any atom is -0.314 e. The van der Waals surface area contributed by atoms with Gasteiger partial charge in [-0.15, -0.1) is 11.3 Å². The van der Waals surface area contributed by atoms with Gasteiger partial charge < -0.3 is 5.32 Å². The maximum atomic E-state index is 3.43. The average Bonchev–Trinajstić information content (AvgIpc) is 2.80. The molecule has 2 heterocycles. The van der Waals surface area contributed by atoms with E-state index in [1.165, 1.54) is 24.4 Å². The van der Waals surface area contributed by atoms with Gasteiger partial charge in [0.15, 0.2) is 0 Å². The van der Waals surface area contributed by atoms with Gasteiger partial charge in [-0.25, -0.2) is 0 Å². The summed E-state index contributed by atoms with van der Waals surface area (Å²) in [4.78, 5) is 4.18. The number of hydrogen-bond acceptors (Lipinski definition) is 3. The number of nitrogens with zero attached hydrogens (tertiary/aromatic N) is 1. The largest absolute Gasteiger partial charge is 0.314 e. The van der Waals surface area contributed by atoms with Crippen molar-refractivity contribution in [3.05, 3.63) is 22.4 Å². The Morgan fingerprint density at radius 2 is 2.12 bits per heavy atom. The first-order valence-electron chi connectivity index (χ1n) is 6.25. The van der Waals surface area contributed by atoms with Crippen LogP contribution in [0.3, 0.4) is 0 Å². The van der Waals surface area contributed by atoms with Crippen molar-refractivity contribution in [3.8, 4) is 0 Å². The van der Waals surface area contributed by atoms with E-state index in [-0.39, 0.29) is 0 Å². The van der Waals surface area contributed by atoms with E-state index in [9.17, 15) is 0 Å². The molecule has 0 aliphatic carbocycles. The molecule has 2 nitrogen and oxygen atoms in total. The summed E-state index contributed by atoms with van der Waals surface area (Å²) in [6.07, 6.45) is 1.28. The summed E-state index contributed by atoms with van der Waals surface area (Å²) in [7, 11) is 0. The van der Waals surface area contributed by atoms with E-state index in [0.717, 1.165) is 19.0 Å². The third-order valence-electron chi connectivity index (χ3n) is 3.16. The van der Waals surface area contributed by atoms with E-state index in [0.29, 0.717) is 6.04 Å². The van der Waals surface area contributed by atoms with Crippen LogP contribution in [0.15, 0.2) is 17.5 Å². The number of rotatable bonds is 4. The molecule has 0 saturated carbocycles. The minimum absolute atomic E-state index is 0.641. The summed E-state index contributed by atoms with van der Waals surface area (Å²) in [6.45, 7) is 9.30. The third kappa shape index (κ3) is 3.06. The summed E-state index contributed by atoms with van der Waals surface area (Å²) in [5.74, 6) is 0.766. The van der Waals surface area contributed by atoms with Crippen LogP contribution in [0.2, 0.25) is 0 Å². The molecular weight excluding hydrogens is 216 g/mol. The van der Waals surface area contributed by atoms with E-state index in [2.05, 4.69) is 41.6 Å². The van der Waals surface area contributed by atoms with Gasteiger partial charge in [0.2, 0.25) is 0 Å². The summed E-state index contributed by atoms with van der Waals surface area (Å²) >= 11 is 1.90. The molecule has 0 aromatic carbocycles. The smallest absolute Gasteiger partial charge is 0.0445 e. The second kappa shape index (κ2) is 5.80. The van der Waals surface area contributed by atoms with E-state index in [1.54, 1.807) is 0 Å². The van der Waals surface area contributed by atoms with Gasteiger partial charge in [-0.05, 0) is 23.8 Å². The summed E-state index contributed by atoms with van der Waals surface area (Å²) in [6, 6.07) is 5.11. The molecule has 1 atom stereocenters. The third-order valence-corrected chi connectivity index (χ3v) is 4.13. The SMILES string of the molecule is CC(C)C[C@H](c1cccs1)N1CCNCC1. The van der Waals surface area contributed by atoms with Crippen LogP contribution >= 0.6 is 11.3 Å². The van der Waals surface area contributed by atoms with E-state index < -0.39 is 0 Å². The highest BCUT2D eigenvalue weighted by Gasteiger charge is 2.23. The fourth-order valence-corrected chi connectivity index (χ4v) is 3.24. The van der Waals surface area contributed by atoms with Crippen molar-refractivity contribution in [2.24, 2.45) is 5.92 Å². The van der Waals surface area contributed by atoms with Gasteiger partial charge in [-0.3, -0.25) is 4.90 Å². The van der Waals surface area contributed by atoms with Gasteiger partial charge >= 0.3 is 0 Å². The van der Waals surface area contributed by atoms with Crippen molar-refractivity contribution in [1.82, 2.24) is 10.2 Å². The molecule has 0 amide bonds. The Morgan fingerprint density at radius 1 is 1.38 bits per heavy atom. The van der Waals surface area contributed by atoms with Gasteiger partial charge in [0, 0.05) is 37.1 Å². The Labute approximate surface area is 103 Å². The van der Waals surface area contributed by atoms with Gasteiger partial charge in [-0.1, -0.05) is 19.9 Å². The molecule has 1 aromatic heterocycles. The molecule has 1 aliphatic rings. The van der Waals surface area contributed by atoms with Crippen LogP contribution in [0, 0.1) is 5.92 Å². The molecule has 0 radical (unpaired) electrons. The predicted octanol–water partition coefficient (Wildman–Crippen LogP) is 2.74. The normalized spacial score (nSPS) is 20.2. The first-order valence-corrected chi connectivity index (χ1v) is 7.13. The van der Waals surface area contributed by atoms with Crippen LogP contribution in [0.25, 0.3) is 0 Å². The van der Waals surface area contributed by atoms with Crippen LogP contribution in [0.1, 0.15) is 31.2 Å². The molecule has 1 aromatic rings. The lowest BCUT2D eigenvalue weighted by Gasteiger charge is -2.35. The van der Waals surface area contributed by atoms with Crippen molar-refractivity contribution in [1.29, 1.82) is 0 Å². The maximum Gasteiger partial charge on any atom is 0.0445 e.